The minimum absolute atomic E-state index is 0.0397. The van der Waals surface area contributed by atoms with Crippen molar-refractivity contribution in [2.24, 2.45) is 51.2 Å². The van der Waals surface area contributed by atoms with Gasteiger partial charge in [-0.25, -0.2) is 0 Å². The van der Waals surface area contributed by atoms with Crippen LogP contribution in [0.4, 0.5) is 0 Å². The molecule has 29 atom stereocenters. The Kier molecular flexibility index (Phi) is 18.4. The van der Waals surface area contributed by atoms with Gasteiger partial charge in [0.25, 0.3) is 0 Å². The van der Waals surface area contributed by atoms with Crippen molar-refractivity contribution in [1.29, 1.82) is 0 Å². The lowest BCUT2D eigenvalue weighted by atomic mass is 9.38. The molecule has 8 rings (SSSR count). The molecule has 76 heavy (non-hydrogen) atoms. The summed E-state index contributed by atoms with van der Waals surface area (Å²) >= 11 is 0. The van der Waals surface area contributed by atoms with E-state index in [9.17, 15) is 76.6 Å². The number of fused-ring (bicyclic) bond motifs is 5. The van der Waals surface area contributed by atoms with Crippen LogP contribution in [0.2, 0.25) is 0 Å². The molecule has 0 aromatic carbocycles. The van der Waals surface area contributed by atoms with E-state index in [-0.39, 0.29) is 47.5 Å². The third-order valence-electron chi connectivity index (χ3n) is 20.9. The third kappa shape index (κ3) is 10.5. The van der Waals surface area contributed by atoms with Crippen molar-refractivity contribution in [2.75, 3.05) is 26.4 Å². The largest absolute Gasteiger partial charge is 0.396 e. The Balaban J connectivity index is 0.931. The molecule has 0 aromatic heterocycles. The molecule has 15 N–H and O–H groups in total. The second kappa shape index (κ2) is 22.9. The standard InChI is InChI=1S/C54H92O22/c1-23(25-15-16-52(6)32-12-10-26-27(54(32,8)33(59)18-53(25,52)7)11-14-34(50(26,2)3)74-47-43(67)41(65)39(63)30(20-56)72-47)9-13-35(51(4,5)69)75-49-46(37(61)28(58)22-70-49)76-48-44(68)42(66)45(31(21-57)73-48)71-29-17-24(19-55)36(60)40(64)38(29)62/h10,23-25,27-49,55-69H,9,11-22H2,1-8H3/t23-,24+,25?,27?,28?,29+,30-,31+,32?,33-,34+,35-,36+,37+,38-,39-,40-,41+,42+,43-,44+,45+,46-,47+,48-,49+,52+,53-,54+/m1/s1. The predicted molar refractivity (Wildman–Crippen MR) is 265 cm³/mol. The maximum atomic E-state index is 12.6. The molecule has 0 spiro atoms. The van der Waals surface area contributed by atoms with Gasteiger partial charge in [-0.2, -0.15) is 0 Å². The molecule has 0 aromatic rings. The first kappa shape index (κ1) is 60.9. The molecule has 440 valence electrons. The van der Waals surface area contributed by atoms with Gasteiger partial charge in [-0.15, -0.1) is 0 Å². The van der Waals surface area contributed by atoms with Gasteiger partial charge >= 0.3 is 0 Å². The van der Waals surface area contributed by atoms with Gasteiger partial charge in [0, 0.05) is 23.4 Å². The summed E-state index contributed by atoms with van der Waals surface area (Å²) in [6.07, 6.45) is -21.9. The maximum absolute atomic E-state index is 12.6. The third-order valence-corrected chi connectivity index (χ3v) is 20.9. The SMILES string of the molecule is C[C@H](CC[C@@H](O[C@@H]1OCC(O)[C@H](O)[C@H]1O[C@H]1O[C@@H](CO)[C@H](O[C@H]2C[C@@H](CO)[C@H](O)[C@@H](O)[C@@H]2O)[C@@H](O)[C@@H]1O)C(C)(C)O)C1CC[C@@]2(C)C3CC=C4C(CC[C@H](O[C@@H]5O[C@H](CO)[C@@H](O)[C@H](O)[C@H]5O)C4(C)C)[C@]3(C)[C@H](O)C[C@]12C. The van der Waals surface area contributed by atoms with Crippen LogP contribution in [0.5, 0.6) is 0 Å². The average molecular weight is 1090 g/mol. The van der Waals surface area contributed by atoms with Crippen molar-refractivity contribution < 1.29 is 110 Å². The smallest absolute Gasteiger partial charge is 0.187 e. The number of aliphatic hydroxyl groups excluding tert-OH is 14. The van der Waals surface area contributed by atoms with Crippen molar-refractivity contribution in [2.45, 2.75) is 248 Å². The molecule has 22 heteroatoms. The summed E-state index contributed by atoms with van der Waals surface area (Å²) in [5.74, 6) is -0.440. The van der Waals surface area contributed by atoms with Crippen molar-refractivity contribution >= 4 is 0 Å². The van der Waals surface area contributed by atoms with Crippen LogP contribution in [0, 0.1) is 51.2 Å². The number of allylic oxidation sites excluding steroid dienone is 1. The molecule has 4 unspecified atom stereocenters. The van der Waals surface area contributed by atoms with Crippen LogP contribution >= 0.6 is 0 Å². The summed E-state index contributed by atoms with van der Waals surface area (Å²) in [5, 5.41) is 162. The van der Waals surface area contributed by atoms with Crippen LogP contribution in [-0.2, 0) is 33.2 Å². The Hall–Kier alpha value is -1.14. The lowest BCUT2D eigenvalue weighted by Crippen LogP contribution is -2.65. The van der Waals surface area contributed by atoms with E-state index in [1.807, 2.05) is 0 Å². The molecule has 3 saturated heterocycles. The van der Waals surface area contributed by atoms with Gasteiger partial charge in [0.05, 0.1) is 55.9 Å². The zero-order chi connectivity index (χ0) is 55.9. The Labute approximate surface area is 445 Å². The Morgan fingerprint density at radius 2 is 1.29 bits per heavy atom. The first-order chi connectivity index (χ1) is 35.5. The summed E-state index contributed by atoms with van der Waals surface area (Å²) < 4.78 is 42.4. The number of ether oxygens (including phenoxy) is 7. The normalized spacial score (nSPS) is 51.5. The molecule has 0 radical (unpaired) electrons. The van der Waals surface area contributed by atoms with Crippen LogP contribution < -0.4 is 0 Å². The van der Waals surface area contributed by atoms with Crippen molar-refractivity contribution in [3.05, 3.63) is 11.6 Å². The monoisotopic (exact) mass is 1090 g/mol. The molecule has 7 fully saturated rings. The lowest BCUT2D eigenvalue weighted by Gasteiger charge is -2.67. The topological polar surface area (TPSA) is 368 Å². The van der Waals surface area contributed by atoms with E-state index >= 15 is 0 Å². The van der Waals surface area contributed by atoms with E-state index in [4.69, 9.17) is 33.2 Å². The second-order valence-electron chi connectivity index (χ2n) is 25.9. The lowest BCUT2D eigenvalue weighted by molar-refractivity contribution is -0.370. The summed E-state index contributed by atoms with van der Waals surface area (Å²) in [4.78, 5) is 0. The van der Waals surface area contributed by atoms with Gasteiger partial charge < -0.3 is 110 Å². The molecule has 4 saturated carbocycles. The van der Waals surface area contributed by atoms with E-state index in [0.29, 0.717) is 32.1 Å². The summed E-state index contributed by atoms with van der Waals surface area (Å²) in [6, 6.07) is 0. The first-order valence-corrected chi connectivity index (χ1v) is 27.8. The first-order valence-electron chi connectivity index (χ1n) is 27.8. The zero-order valence-electron chi connectivity index (χ0n) is 45.3. The fourth-order valence-corrected chi connectivity index (χ4v) is 15.9. The average Bonchev–Trinajstić information content (AvgIpc) is 3.88. The predicted octanol–water partition coefficient (Wildman–Crippen LogP) is -1.93. The number of hydrogen-bond acceptors (Lipinski definition) is 22. The highest BCUT2D eigenvalue weighted by Crippen LogP contribution is 2.75. The summed E-state index contributed by atoms with van der Waals surface area (Å²) in [6.45, 7) is 14.3. The number of aliphatic hydroxyl groups is 15. The van der Waals surface area contributed by atoms with E-state index < -0.39 is 171 Å². The number of rotatable bonds is 16. The van der Waals surface area contributed by atoms with Crippen LogP contribution in [0.1, 0.15) is 113 Å². The molecule has 5 aliphatic carbocycles. The molecule has 0 amide bonds. The van der Waals surface area contributed by atoms with Crippen LogP contribution in [0.3, 0.4) is 0 Å². The van der Waals surface area contributed by atoms with E-state index in [1.165, 1.54) is 5.57 Å². The van der Waals surface area contributed by atoms with Crippen LogP contribution in [0.25, 0.3) is 0 Å². The van der Waals surface area contributed by atoms with Crippen molar-refractivity contribution in [3.63, 3.8) is 0 Å². The quantitative estimate of drug-likeness (QED) is 0.0749. The second-order valence-corrected chi connectivity index (χ2v) is 25.9. The molecule has 3 aliphatic heterocycles. The van der Waals surface area contributed by atoms with Gasteiger partial charge in [0.1, 0.15) is 79.4 Å². The highest BCUT2D eigenvalue weighted by Gasteiger charge is 2.70. The highest BCUT2D eigenvalue weighted by molar-refractivity contribution is 5.32. The van der Waals surface area contributed by atoms with Crippen LogP contribution in [0.15, 0.2) is 11.6 Å². The van der Waals surface area contributed by atoms with Crippen molar-refractivity contribution in [1.82, 2.24) is 0 Å². The minimum atomic E-state index is -1.91. The summed E-state index contributed by atoms with van der Waals surface area (Å²) in [5.41, 5.74) is -1.74. The molecular formula is C54H92O22. The molecule has 3 heterocycles. The van der Waals surface area contributed by atoms with Gasteiger partial charge in [-0.1, -0.05) is 53.2 Å². The van der Waals surface area contributed by atoms with E-state index in [1.54, 1.807) is 13.8 Å². The zero-order valence-corrected chi connectivity index (χ0v) is 45.3. The Bertz CT molecular complexity index is 1970. The van der Waals surface area contributed by atoms with E-state index in [2.05, 4.69) is 47.6 Å². The summed E-state index contributed by atoms with van der Waals surface area (Å²) in [7, 11) is 0. The molecule has 0 bridgehead atoms. The fraction of sp³-hybridized carbons (Fsp3) is 0.963. The van der Waals surface area contributed by atoms with Gasteiger partial charge in [-0.3, -0.25) is 0 Å². The van der Waals surface area contributed by atoms with Crippen LogP contribution in [-0.4, -0.2) is 237 Å². The number of hydrogen-bond donors (Lipinski definition) is 15. The fourth-order valence-electron chi connectivity index (χ4n) is 15.9. The Morgan fingerprint density at radius 1 is 0.658 bits per heavy atom. The van der Waals surface area contributed by atoms with Gasteiger partial charge in [0.15, 0.2) is 18.9 Å². The van der Waals surface area contributed by atoms with E-state index in [0.717, 1.165) is 19.3 Å². The molecular weight excluding hydrogens is 1000 g/mol. The van der Waals surface area contributed by atoms with Gasteiger partial charge in [0.2, 0.25) is 0 Å². The highest BCUT2D eigenvalue weighted by atomic mass is 16.8. The molecule has 22 nitrogen and oxygen atoms in total. The van der Waals surface area contributed by atoms with Gasteiger partial charge in [-0.05, 0) is 106 Å². The van der Waals surface area contributed by atoms with Crippen molar-refractivity contribution in [3.8, 4) is 0 Å². The minimum Gasteiger partial charge on any atom is -0.396 e. The molecule has 8 aliphatic rings. The maximum Gasteiger partial charge on any atom is 0.187 e. The Morgan fingerprint density at radius 3 is 1.93 bits per heavy atom.